The number of benzene rings is 2. The summed E-state index contributed by atoms with van der Waals surface area (Å²) in [6.07, 6.45) is 5.24. The van der Waals surface area contributed by atoms with Gasteiger partial charge < -0.3 is 4.98 Å². The van der Waals surface area contributed by atoms with Gasteiger partial charge in [0.2, 0.25) is 0 Å². The first-order chi connectivity index (χ1) is 11.8. The number of aromatic nitrogens is 3. The van der Waals surface area contributed by atoms with Gasteiger partial charge in [0.05, 0.1) is 23.1 Å². The summed E-state index contributed by atoms with van der Waals surface area (Å²) < 4.78 is 0. The molecule has 2 aromatic heterocycles. The third kappa shape index (κ3) is 2.49. The Hall–Kier alpha value is -2.91. The predicted octanol–water partition coefficient (Wildman–Crippen LogP) is 5.59. The fraction of sp³-hybridized carbons (Fsp3) is 0. The highest BCUT2D eigenvalue weighted by atomic mass is 35.5. The van der Waals surface area contributed by atoms with E-state index in [0.29, 0.717) is 5.02 Å². The molecule has 2 aromatic carbocycles. The van der Waals surface area contributed by atoms with E-state index in [9.17, 15) is 0 Å². The molecule has 0 radical (unpaired) electrons. The summed E-state index contributed by atoms with van der Waals surface area (Å²) in [4.78, 5) is 12.0. The largest absolute Gasteiger partial charge is 0.345 e. The average Bonchev–Trinajstić information content (AvgIpc) is 3.09. The summed E-state index contributed by atoms with van der Waals surface area (Å²) in [7, 11) is 0. The van der Waals surface area contributed by atoms with Crippen LogP contribution in [0.5, 0.6) is 0 Å². The Kier molecular flexibility index (Phi) is 3.63. The predicted molar refractivity (Wildman–Crippen MR) is 99.9 cm³/mol. The molecule has 3 nitrogen and oxygen atoms in total. The van der Waals surface area contributed by atoms with Crippen molar-refractivity contribution in [2.45, 2.75) is 0 Å². The Morgan fingerprint density at radius 1 is 1.00 bits per heavy atom. The molecule has 0 fully saturated rings. The number of nitrogens with zero attached hydrogens (tertiary/aromatic N) is 2. The van der Waals surface area contributed by atoms with E-state index in [2.05, 4.69) is 39.7 Å². The lowest BCUT2D eigenvalue weighted by Crippen LogP contribution is -1.90. The lowest BCUT2D eigenvalue weighted by atomic mass is 9.98. The lowest BCUT2D eigenvalue weighted by Gasteiger charge is -2.10. The molecule has 2 heterocycles. The van der Waals surface area contributed by atoms with Gasteiger partial charge >= 0.3 is 0 Å². The minimum atomic E-state index is 0.670. The van der Waals surface area contributed by atoms with Gasteiger partial charge in [-0.2, -0.15) is 0 Å². The molecule has 0 saturated carbocycles. The Morgan fingerprint density at radius 3 is 2.71 bits per heavy atom. The zero-order valence-corrected chi connectivity index (χ0v) is 13.6. The molecular weight excluding hydrogens is 318 g/mol. The number of hydrogen-bond donors (Lipinski definition) is 1. The molecule has 0 bridgehead atoms. The van der Waals surface area contributed by atoms with Gasteiger partial charge in [-0.1, -0.05) is 48.5 Å². The lowest BCUT2D eigenvalue weighted by molar-refractivity contribution is 1.32. The van der Waals surface area contributed by atoms with E-state index in [-0.39, 0.29) is 0 Å². The summed E-state index contributed by atoms with van der Waals surface area (Å²) in [5.41, 5.74) is 6.87. The average molecular weight is 332 g/mol. The highest BCUT2D eigenvalue weighted by Gasteiger charge is 2.11. The number of fused-ring (bicyclic) bond motifs is 1. The number of pyridine rings is 1. The normalized spacial score (nSPS) is 10.9. The van der Waals surface area contributed by atoms with Crippen molar-refractivity contribution < 1.29 is 0 Å². The number of imidazole rings is 1. The molecule has 24 heavy (non-hydrogen) atoms. The van der Waals surface area contributed by atoms with Crippen LogP contribution in [-0.2, 0) is 0 Å². The monoisotopic (exact) mass is 331 g/mol. The molecule has 0 aliphatic rings. The molecule has 1 N–H and O–H groups in total. The first-order valence-electron chi connectivity index (χ1n) is 7.57. The Morgan fingerprint density at radius 2 is 1.88 bits per heavy atom. The summed E-state index contributed by atoms with van der Waals surface area (Å²) in [6.45, 7) is 3.77. The van der Waals surface area contributed by atoms with Crippen LogP contribution in [0, 0.1) is 0 Å². The van der Waals surface area contributed by atoms with Gasteiger partial charge in [-0.05, 0) is 35.4 Å². The van der Waals surface area contributed by atoms with Crippen LogP contribution in [0.25, 0.3) is 39.5 Å². The van der Waals surface area contributed by atoms with Crippen molar-refractivity contribution in [1.82, 2.24) is 15.0 Å². The summed E-state index contributed by atoms with van der Waals surface area (Å²) >= 11 is 6.33. The zero-order chi connectivity index (χ0) is 16.5. The maximum absolute atomic E-state index is 6.33. The third-order valence-electron chi connectivity index (χ3n) is 4.03. The molecule has 0 unspecified atom stereocenters. The van der Waals surface area contributed by atoms with Crippen LogP contribution in [0.1, 0.15) is 5.56 Å². The maximum atomic E-state index is 6.33. The van der Waals surface area contributed by atoms with E-state index in [1.165, 1.54) is 0 Å². The number of rotatable bonds is 3. The summed E-state index contributed by atoms with van der Waals surface area (Å²) in [5, 5.41) is 0.670. The van der Waals surface area contributed by atoms with Crippen molar-refractivity contribution in [3.05, 3.63) is 78.2 Å². The Bertz CT molecular complexity index is 1050. The third-order valence-corrected chi connectivity index (χ3v) is 4.36. The molecule has 0 aliphatic heterocycles. The van der Waals surface area contributed by atoms with Crippen molar-refractivity contribution in [3.8, 4) is 22.4 Å². The van der Waals surface area contributed by atoms with Crippen LogP contribution < -0.4 is 0 Å². The van der Waals surface area contributed by atoms with Crippen molar-refractivity contribution in [3.63, 3.8) is 0 Å². The van der Waals surface area contributed by atoms with Gasteiger partial charge in [-0.25, -0.2) is 4.98 Å². The van der Waals surface area contributed by atoms with E-state index in [1.807, 2.05) is 30.3 Å². The van der Waals surface area contributed by atoms with Crippen LogP contribution >= 0.6 is 11.6 Å². The van der Waals surface area contributed by atoms with Gasteiger partial charge in [0.15, 0.2) is 0 Å². The van der Waals surface area contributed by atoms with Gasteiger partial charge in [-0.3, -0.25) is 4.98 Å². The highest BCUT2D eigenvalue weighted by molar-refractivity contribution is 6.32. The molecule has 4 rings (SSSR count). The van der Waals surface area contributed by atoms with Crippen molar-refractivity contribution >= 4 is 28.7 Å². The van der Waals surface area contributed by atoms with Crippen LogP contribution in [0.2, 0.25) is 5.02 Å². The van der Waals surface area contributed by atoms with Crippen LogP contribution in [0.3, 0.4) is 0 Å². The quantitative estimate of drug-likeness (QED) is 0.531. The minimum Gasteiger partial charge on any atom is -0.345 e. The number of halogens is 1. The SMILES string of the molecule is C=Cc1ccc(-c2ncccc2-c2ccc3nc[nH]c3c2)cc1Cl. The van der Waals surface area contributed by atoms with Gasteiger partial charge in [0.1, 0.15) is 0 Å². The van der Waals surface area contributed by atoms with Crippen molar-refractivity contribution in [2.24, 2.45) is 0 Å². The molecule has 4 aromatic rings. The van der Waals surface area contributed by atoms with Gasteiger partial charge in [-0.15, -0.1) is 0 Å². The smallest absolute Gasteiger partial charge is 0.0931 e. The molecular formula is C20H14ClN3. The highest BCUT2D eigenvalue weighted by Crippen LogP contribution is 2.33. The fourth-order valence-electron chi connectivity index (χ4n) is 2.81. The topological polar surface area (TPSA) is 41.6 Å². The number of nitrogens with one attached hydrogen (secondary N) is 1. The summed E-state index contributed by atoms with van der Waals surface area (Å²) in [5.74, 6) is 0. The van der Waals surface area contributed by atoms with E-state index in [1.54, 1.807) is 18.6 Å². The van der Waals surface area contributed by atoms with E-state index < -0.39 is 0 Å². The maximum Gasteiger partial charge on any atom is 0.0931 e. The minimum absolute atomic E-state index is 0.670. The Labute approximate surface area is 144 Å². The Balaban J connectivity index is 1.88. The molecule has 0 aliphatic carbocycles. The molecule has 0 spiro atoms. The van der Waals surface area contributed by atoms with Crippen molar-refractivity contribution in [2.75, 3.05) is 0 Å². The van der Waals surface area contributed by atoms with Crippen LogP contribution in [0.15, 0.2) is 67.6 Å². The standard InChI is InChI=1S/C20H14ClN3/c1-2-13-5-6-15(10-17(13)21)20-16(4-3-9-22-20)14-7-8-18-19(11-14)24-12-23-18/h2-12H,1H2,(H,23,24). The molecule has 4 heteroatoms. The first-order valence-corrected chi connectivity index (χ1v) is 7.95. The number of H-pyrrole nitrogens is 1. The zero-order valence-electron chi connectivity index (χ0n) is 12.8. The van der Waals surface area contributed by atoms with Crippen LogP contribution in [0.4, 0.5) is 0 Å². The van der Waals surface area contributed by atoms with E-state index in [4.69, 9.17) is 11.6 Å². The molecule has 0 saturated heterocycles. The van der Waals surface area contributed by atoms with Gasteiger partial charge in [0, 0.05) is 22.3 Å². The van der Waals surface area contributed by atoms with Crippen LogP contribution in [-0.4, -0.2) is 15.0 Å². The van der Waals surface area contributed by atoms with E-state index >= 15 is 0 Å². The second-order valence-corrected chi connectivity index (χ2v) is 5.88. The fourth-order valence-corrected chi connectivity index (χ4v) is 3.07. The number of aromatic amines is 1. The summed E-state index contributed by atoms with van der Waals surface area (Å²) in [6, 6.07) is 16.1. The molecule has 0 amide bonds. The second-order valence-electron chi connectivity index (χ2n) is 5.47. The molecule has 0 atom stereocenters. The van der Waals surface area contributed by atoms with Gasteiger partial charge in [0.25, 0.3) is 0 Å². The molecule has 116 valence electrons. The second kappa shape index (κ2) is 5.95. The first kappa shape index (κ1) is 14.7. The van der Waals surface area contributed by atoms with E-state index in [0.717, 1.165) is 39.0 Å². The van der Waals surface area contributed by atoms with Crippen molar-refractivity contribution in [1.29, 1.82) is 0 Å². The number of hydrogen-bond acceptors (Lipinski definition) is 2.